The lowest BCUT2D eigenvalue weighted by atomic mass is 10.1. The van der Waals surface area contributed by atoms with Crippen molar-refractivity contribution in [2.45, 2.75) is 19.3 Å². The zero-order valence-corrected chi connectivity index (χ0v) is 21.7. The van der Waals surface area contributed by atoms with E-state index in [9.17, 15) is 18.0 Å². The molecular weight excluding hydrogens is 521 g/mol. The molecule has 3 aromatic carbocycles. The van der Waals surface area contributed by atoms with E-state index in [1.807, 2.05) is 60.7 Å². The van der Waals surface area contributed by atoms with E-state index < -0.39 is 17.8 Å². The van der Waals surface area contributed by atoms with Crippen LogP contribution in [0.3, 0.4) is 0 Å². The van der Waals surface area contributed by atoms with Crippen molar-refractivity contribution in [1.82, 2.24) is 19.5 Å². The van der Waals surface area contributed by atoms with Crippen molar-refractivity contribution in [3.63, 3.8) is 0 Å². The summed E-state index contributed by atoms with van der Waals surface area (Å²) < 4.78 is 53.8. The lowest BCUT2D eigenvalue weighted by Gasteiger charge is -2.23. The molecule has 0 atom stereocenters. The molecule has 2 aromatic heterocycles. The van der Waals surface area contributed by atoms with Gasteiger partial charge in [0.15, 0.2) is 22.8 Å². The highest BCUT2D eigenvalue weighted by molar-refractivity contribution is 6.00. The molecular formula is C30H25F3N4O3. The van der Waals surface area contributed by atoms with E-state index in [1.165, 1.54) is 20.3 Å². The normalized spacial score (nSPS) is 11.4. The summed E-state index contributed by atoms with van der Waals surface area (Å²) in [5.74, 6) is 0.255. The Morgan fingerprint density at radius 3 is 2.00 bits per heavy atom. The Labute approximate surface area is 228 Å². The molecule has 40 heavy (non-hydrogen) atoms. The summed E-state index contributed by atoms with van der Waals surface area (Å²) in [6.45, 7) is 0.487. The number of aromatic nitrogens is 3. The zero-order valence-electron chi connectivity index (χ0n) is 21.7. The molecule has 0 spiro atoms. The zero-order chi connectivity index (χ0) is 28.3. The minimum absolute atomic E-state index is 0.00740. The molecule has 0 radical (unpaired) electrons. The van der Waals surface area contributed by atoms with Crippen LogP contribution in [0.4, 0.5) is 13.2 Å². The van der Waals surface area contributed by atoms with Gasteiger partial charge in [0.05, 0.1) is 26.1 Å². The molecule has 0 aliphatic heterocycles. The average Bonchev–Trinajstić information content (AvgIpc) is 3.40. The number of carbonyl (C=O) groups is 1. The predicted molar refractivity (Wildman–Crippen MR) is 143 cm³/mol. The number of methoxy groups -OCH3 is 2. The van der Waals surface area contributed by atoms with Crippen LogP contribution in [-0.2, 0) is 19.3 Å². The number of hydrogen-bond acceptors (Lipinski definition) is 5. The first-order valence-electron chi connectivity index (χ1n) is 12.3. The number of carbonyl (C=O) groups excluding carboxylic acids is 1. The van der Waals surface area contributed by atoms with Gasteiger partial charge < -0.3 is 14.4 Å². The van der Waals surface area contributed by atoms with Crippen LogP contribution in [0.2, 0.25) is 0 Å². The van der Waals surface area contributed by atoms with Gasteiger partial charge in [-0.15, -0.1) is 0 Å². The van der Waals surface area contributed by atoms with E-state index in [0.29, 0.717) is 21.6 Å². The maximum absolute atomic E-state index is 14.2. The molecule has 0 aliphatic rings. The van der Waals surface area contributed by atoms with Crippen LogP contribution < -0.4 is 9.47 Å². The second-order valence-electron chi connectivity index (χ2n) is 9.02. The van der Waals surface area contributed by atoms with Crippen LogP contribution in [0.5, 0.6) is 11.5 Å². The van der Waals surface area contributed by atoms with Crippen molar-refractivity contribution in [3.05, 3.63) is 114 Å². The van der Waals surface area contributed by atoms with E-state index in [4.69, 9.17) is 9.47 Å². The Hall–Kier alpha value is -4.86. The van der Waals surface area contributed by atoms with Crippen molar-refractivity contribution in [3.8, 4) is 22.8 Å². The van der Waals surface area contributed by atoms with Gasteiger partial charge in [0.1, 0.15) is 5.56 Å². The third kappa shape index (κ3) is 5.47. The van der Waals surface area contributed by atoms with Gasteiger partial charge in [-0.25, -0.2) is 9.50 Å². The molecule has 2 heterocycles. The fourth-order valence-electron chi connectivity index (χ4n) is 4.44. The van der Waals surface area contributed by atoms with Crippen LogP contribution in [0.1, 0.15) is 27.2 Å². The number of benzene rings is 3. The lowest BCUT2D eigenvalue weighted by molar-refractivity contribution is -0.142. The molecule has 5 aromatic rings. The fraction of sp³-hybridized carbons (Fsp3) is 0.167. The van der Waals surface area contributed by atoms with Crippen molar-refractivity contribution < 1.29 is 27.4 Å². The molecule has 7 nitrogen and oxygen atoms in total. The second-order valence-corrected chi connectivity index (χ2v) is 9.02. The summed E-state index contributed by atoms with van der Waals surface area (Å²) in [5, 5.41) is 3.94. The molecule has 0 bridgehead atoms. The second kappa shape index (κ2) is 11.1. The quantitative estimate of drug-likeness (QED) is 0.229. The topological polar surface area (TPSA) is 69.0 Å². The van der Waals surface area contributed by atoms with Crippen LogP contribution >= 0.6 is 0 Å². The van der Waals surface area contributed by atoms with Crippen LogP contribution in [0.25, 0.3) is 16.9 Å². The van der Waals surface area contributed by atoms with Crippen molar-refractivity contribution in [2.75, 3.05) is 14.2 Å². The van der Waals surface area contributed by atoms with E-state index in [1.54, 1.807) is 17.0 Å². The third-order valence-corrected chi connectivity index (χ3v) is 6.39. The number of rotatable bonds is 8. The molecule has 0 saturated heterocycles. The Kier molecular flexibility index (Phi) is 7.41. The highest BCUT2D eigenvalue weighted by atomic mass is 19.4. The van der Waals surface area contributed by atoms with Crippen molar-refractivity contribution in [2.24, 2.45) is 0 Å². The smallest absolute Gasteiger partial charge is 0.433 e. The van der Waals surface area contributed by atoms with Crippen LogP contribution in [0.15, 0.2) is 91.1 Å². The Morgan fingerprint density at radius 2 is 1.45 bits per heavy atom. The number of fused-ring (bicyclic) bond motifs is 1. The van der Waals surface area contributed by atoms with Gasteiger partial charge in [-0.2, -0.15) is 18.3 Å². The maximum atomic E-state index is 14.2. The molecule has 0 fully saturated rings. The van der Waals surface area contributed by atoms with E-state index >= 15 is 0 Å². The van der Waals surface area contributed by atoms with E-state index in [2.05, 4.69) is 10.1 Å². The first-order valence-corrected chi connectivity index (χ1v) is 12.3. The predicted octanol–water partition coefficient (Wildman–Crippen LogP) is 6.27. The molecule has 10 heteroatoms. The monoisotopic (exact) mass is 546 g/mol. The minimum Gasteiger partial charge on any atom is -0.493 e. The molecule has 0 aliphatic carbocycles. The summed E-state index contributed by atoms with van der Waals surface area (Å²) in [5.41, 5.74) is 0.814. The highest BCUT2D eigenvalue weighted by Gasteiger charge is 2.36. The molecule has 1 amide bonds. The minimum atomic E-state index is -4.76. The summed E-state index contributed by atoms with van der Waals surface area (Å²) in [4.78, 5) is 20.0. The van der Waals surface area contributed by atoms with Crippen LogP contribution in [0, 0.1) is 0 Å². The third-order valence-electron chi connectivity index (χ3n) is 6.39. The number of hydrogen-bond donors (Lipinski definition) is 0. The molecule has 0 saturated carbocycles. The Balaban J connectivity index is 1.63. The molecule has 0 unspecified atom stereocenters. The van der Waals surface area contributed by atoms with E-state index in [-0.39, 0.29) is 30.0 Å². The van der Waals surface area contributed by atoms with Crippen molar-refractivity contribution in [1.29, 1.82) is 0 Å². The summed E-state index contributed by atoms with van der Waals surface area (Å²) in [6.07, 6.45) is -3.62. The van der Waals surface area contributed by atoms with Gasteiger partial charge in [-0.3, -0.25) is 4.79 Å². The maximum Gasteiger partial charge on any atom is 0.433 e. The van der Waals surface area contributed by atoms with Gasteiger partial charge in [0, 0.05) is 18.7 Å². The van der Waals surface area contributed by atoms with Gasteiger partial charge in [0.2, 0.25) is 0 Å². The number of nitrogens with zero attached hydrogens (tertiary/aromatic N) is 4. The number of ether oxygens (including phenoxy) is 2. The summed E-state index contributed by atoms with van der Waals surface area (Å²) in [6, 6.07) is 24.3. The lowest BCUT2D eigenvalue weighted by Crippen LogP contribution is -2.30. The summed E-state index contributed by atoms with van der Waals surface area (Å²) >= 11 is 0. The standard InChI is InChI=1S/C30H25F3N4O3/c1-39-25-14-13-22(15-26(25)40-2)24-16-27(30(31,32)33)37-28(35-24)23(17-34-37)29(38)36(18-20-9-5-3-6-10-20)19-21-11-7-4-8-12-21/h3-17H,18-19H2,1-2H3. The van der Waals surface area contributed by atoms with Gasteiger partial charge >= 0.3 is 6.18 Å². The first kappa shape index (κ1) is 26.7. The van der Waals surface area contributed by atoms with Crippen molar-refractivity contribution >= 4 is 11.6 Å². The van der Waals surface area contributed by atoms with Gasteiger partial charge in [-0.1, -0.05) is 60.7 Å². The number of amides is 1. The van der Waals surface area contributed by atoms with E-state index in [0.717, 1.165) is 23.4 Å². The summed E-state index contributed by atoms with van der Waals surface area (Å²) in [7, 11) is 2.89. The highest BCUT2D eigenvalue weighted by Crippen LogP contribution is 2.36. The van der Waals surface area contributed by atoms with Crippen LogP contribution in [-0.4, -0.2) is 39.6 Å². The average molecular weight is 547 g/mol. The Bertz CT molecular complexity index is 1600. The molecule has 204 valence electrons. The number of alkyl halides is 3. The molecule has 5 rings (SSSR count). The SMILES string of the molecule is COc1ccc(-c2cc(C(F)(F)F)n3ncc(C(=O)N(Cc4ccccc4)Cc4ccccc4)c3n2)cc1OC. The number of halogens is 3. The molecule has 0 N–H and O–H groups in total. The Morgan fingerprint density at radius 1 is 0.850 bits per heavy atom. The largest absolute Gasteiger partial charge is 0.493 e. The fourth-order valence-corrected chi connectivity index (χ4v) is 4.44. The van der Waals surface area contributed by atoms with Gasteiger partial charge in [-0.05, 0) is 35.4 Å². The first-order chi connectivity index (χ1) is 19.3. The van der Waals surface area contributed by atoms with Gasteiger partial charge in [0.25, 0.3) is 5.91 Å².